The summed E-state index contributed by atoms with van der Waals surface area (Å²) in [5, 5.41) is 1.89. The maximum Gasteiger partial charge on any atom is 0.345 e. The number of ether oxygens (including phenoxy) is 4. The maximum absolute atomic E-state index is 12.0. The predicted octanol–water partition coefficient (Wildman–Crippen LogP) is 1.57. The van der Waals surface area contributed by atoms with Crippen molar-refractivity contribution in [2.24, 2.45) is 0 Å². The molecule has 24 heavy (non-hydrogen) atoms. The van der Waals surface area contributed by atoms with Crippen LogP contribution in [0.2, 0.25) is 0 Å². The van der Waals surface area contributed by atoms with Gasteiger partial charge in [-0.05, 0) is 18.4 Å². The summed E-state index contributed by atoms with van der Waals surface area (Å²) in [5.74, 6) is -2.22. The van der Waals surface area contributed by atoms with Crippen LogP contribution in [0.5, 0.6) is 0 Å². The van der Waals surface area contributed by atoms with Crippen molar-refractivity contribution in [1.82, 2.24) is 0 Å². The molecule has 0 saturated carbocycles. The van der Waals surface area contributed by atoms with Gasteiger partial charge in [0.1, 0.15) is 0 Å². The highest BCUT2D eigenvalue weighted by Gasteiger charge is 2.41. The number of hydrogen-bond donors (Lipinski definition) is 0. The van der Waals surface area contributed by atoms with Crippen LogP contribution < -0.4 is 0 Å². The molecule has 2 rings (SSSR count). The summed E-state index contributed by atoms with van der Waals surface area (Å²) in [5.41, 5.74) is -0.661. The van der Waals surface area contributed by atoms with Crippen molar-refractivity contribution in [3.63, 3.8) is 0 Å². The van der Waals surface area contributed by atoms with Crippen molar-refractivity contribution in [3.8, 4) is 0 Å². The molecule has 7 nitrogen and oxygen atoms in total. The number of carbonyl (C=O) groups is 3. The number of thiophene rings is 1. The van der Waals surface area contributed by atoms with E-state index in [1.165, 1.54) is 18.3 Å². The third kappa shape index (κ3) is 4.65. The molecule has 0 aromatic carbocycles. The lowest BCUT2D eigenvalue weighted by atomic mass is 10.0. The fraction of sp³-hybridized carbons (Fsp3) is 0.438. The summed E-state index contributed by atoms with van der Waals surface area (Å²) in [6.45, 7) is 4.45. The average Bonchev–Trinajstić information content (AvgIpc) is 3.22. The summed E-state index contributed by atoms with van der Waals surface area (Å²) in [6, 6.07) is 3.74. The van der Waals surface area contributed by atoms with E-state index in [0.717, 1.165) is 4.88 Å². The largest absolute Gasteiger partial charge is 0.451 e. The Balaban J connectivity index is 1.81. The smallest absolute Gasteiger partial charge is 0.345 e. The molecule has 0 spiro atoms. The molecule has 0 N–H and O–H groups in total. The minimum Gasteiger partial charge on any atom is -0.451 e. The first-order valence-electron chi connectivity index (χ1n) is 7.25. The van der Waals surface area contributed by atoms with E-state index in [2.05, 4.69) is 11.3 Å². The van der Waals surface area contributed by atoms with Gasteiger partial charge < -0.3 is 18.9 Å². The zero-order valence-electron chi connectivity index (χ0n) is 13.2. The summed E-state index contributed by atoms with van der Waals surface area (Å²) in [4.78, 5) is 35.5. The molecule has 0 amide bonds. The second kappa shape index (κ2) is 8.07. The number of carbonyl (C=O) groups excluding carboxylic acids is 3. The van der Waals surface area contributed by atoms with Crippen LogP contribution >= 0.6 is 11.3 Å². The Morgan fingerprint density at radius 3 is 2.62 bits per heavy atom. The molecular weight excluding hydrogens is 336 g/mol. The molecule has 0 aliphatic carbocycles. The molecule has 1 saturated heterocycles. The molecule has 130 valence electrons. The monoisotopic (exact) mass is 354 g/mol. The van der Waals surface area contributed by atoms with E-state index < -0.39 is 36.7 Å². The van der Waals surface area contributed by atoms with Gasteiger partial charge in [-0.1, -0.05) is 12.6 Å². The van der Waals surface area contributed by atoms with Gasteiger partial charge in [0.2, 0.25) is 0 Å². The quantitative estimate of drug-likeness (QED) is 0.417. The lowest BCUT2D eigenvalue weighted by Crippen LogP contribution is -2.34. The zero-order chi connectivity index (χ0) is 17.6. The SMILES string of the molecule is C=C(C)C(=O)OCC(=O)OCC(=O)OC1(c2cccs2)CCOC1. The van der Waals surface area contributed by atoms with Crippen LogP contribution in [0.15, 0.2) is 29.7 Å². The molecule has 1 unspecified atom stereocenters. The maximum atomic E-state index is 12.0. The van der Waals surface area contributed by atoms with Gasteiger partial charge in [-0.3, -0.25) is 0 Å². The van der Waals surface area contributed by atoms with Gasteiger partial charge in [-0.25, -0.2) is 14.4 Å². The van der Waals surface area contributed by atoms with Crippen LogP contribution in [-0.2, 0) is 38.9 Å². The van der Waals surface area contributed by atoms with Crippen LogP contribution in [0.4, 0.5) is 0 Å². The molecule has 8 heteroatoms. The molecular formula is C16H18O7S. The average molecular weight is 354 g/mol. The van der Waals surface area contributed by atoms with Crippen LogP contribution in [0, 0.1) is 0 Å². The predicted molar refractivity (Wildman–Crippen MR) is 84.3 cm³/mol. The lowest BCUT2D eigenvalue weighted by Gasteiger charge is -2.26. The Labute approximate surface area is 143 Å². The normalized spacial score (nSPS) is 19.5. The van der Waals surface area contributed by atoms with Crippen molar-refractivity contribution in [2.45, 2.75) is 18.9 Å². The summed E-state index contributed by atoms with van der Waals surface area (Å²) < 4.78 is 20.2. The fourth-order valence-corrected chi connectivity index (χ4v) is 2.96. The van der Waals surface area contributed by atoms with E-state index in [0.29, 0.717) is 13.0 Å². The lowest BCUT2D eigenvalue weighted by molar-refractivity contribution is -0.173. The van der Waals surface area contributed by atoms with Crippen molar-refractivity contribution in [2.75, 3.05) is 26.4 Å². The standard InChI is InChI=1S/C16H18O7S/c1-11(2)15(19)22-8-13(17)21-9-14(18)23-16(5-6-20-10-16)12-4-3-7-24-12/h3-4,7H,1,5-6,8-10H2,2H3. The first-order valence-corrected chi connectivity index (χ1v) is 8.13. The van der Waals surface area contributed by atoms with Gasteiger partial charge in [0.05, 0.1) is 18.1 Å². The van der Waals surface area contributed by atoms with Crippen LogP contribution in [0.1, 0.15) is 18.2 Å². The first-order chi connectivity index (χ1) is 11.4. The second-order valence-corrected chi connectivity index (χ2v) is 6.21. The van der Waals surface area contributed by atoms with E-state index in [4.69, 9.17) is 14.2 Å². The van der Waals surface area contributed by atoms with Crippen molar-refractivity contribution in [1.29, 1.82) is 0 Å². The Morgan fingerprint density at radius 1 is 1.29 bits per heavy atom. The van der Waals surface area contributed by atoms with Gasteiger partial charge in [0.15, 0.2) is 18.8 Å². The highest BCUT2D eigenvalue weighted by molar-refractivity contribution is 7.10. The Bertz CT molecular complexity index is 614. The molecule has 1 aromatic rings. The summed E-state index contributed by atoms with van der Waals surface area (Å²) >= 11 is 1.47. The van der Waals surface area contributed by atoms with Crippen LogP contribution in [-0.4, -0.2) is 44.3 Å². The van der Waals surface area contributed by atoms with Gasteiger partial charge in [0, 0.05) is 12.0 Å². The molecule has 1 aliphatic rings. The molecule has 1 fully saturated rings. The topological polar surface area (TPSA) is 88.1 Å². The number of esters is 3. The van der Waals surface area contributed by atoms with Crippen molar-refractivity contribution in [3.05, 3.63) is 34.5 Å². The van der Waals surface area contributed by atoms with Crippen molar-refractivity contribution >= 4 is 29.2 Å². The van der Waals surface area contributed by atoms with Crippen molar-refractivity contribution < 1.29 is 33.3 Å². The second-order valence-electron chi connectivity index (χ2n) is 5.27. The Morgan fingerprint density at radius 2 is 2.04 bits per heavy atom. The Hall–Kier alpha value is -2.19. The molecule has 2 heterocycles. The number of hydrogen-bond acceptors (Lipinski definition) is 8. The zero-order valence-corrected chi connectivity index (χ0v) is 14.1. The molecule has 0 bridgehead atoms. The van der Waals surface area contributed by atoms with Crippen LogP contribution in [0.3, 0.4) is 0 Å². The van der Waals surface area contributed by atoms with E-state index in [1.807, 2.05) is 17.5 Å². The fourth-order valence-electron chi connectivity index (χ4n) is 2.09. The minimum absolute atomic E-state index is 0.168. The van der Waals surface area contributed by atoms with Gasteiger partial charge in [-0.2, -0.15) is 0 Å². The van der Waals surface area contributed by atoms with Crippen LogP contribution in [0.25, 0.3) is 0 Å². The van der Waals surface area contributed by atoms with Gasteiger partial charge in [-0.15, -0.1) is 11.3 Å². The molecule has 0 radical (unpaired) electrons. The highest BCUT2D eigenvalue weighted by atomic mass is 32.1. The van der Waals surface area contributed by atoms with E-state index in [1.54, 1.807) is 0 Å². The molecule has 1 aromatic heterocycles. The first kappa shape index (κ1) is 18.2. The number of rotatable bonds is 7. The van der Waals surface area contributed by atoms with E-state index >= 15 is 0 Å². The summed E-state index contributed by atoms with van der Waals surface area (Å²) in [6.07, 6.45) is 0.545. The van der Waals surface area contributed by atoms with Gasteiger partial charge >= 0.3 is 17.9 Å². The van der Waals surface area contributed by atoms with E-state index in [-0.39, 0.29) is 12.2 Å². The molecule has 1 atom stereocenters. The third-order valence-corrected chi connectivity index (χ3v) is 4.34. The minimum atomic E-state index is -0.839. The Kier molecular flexibility index (Phi) is 6.10. The van der Waals surface area contributed by atoms with Gasteiger partial charge in [0.25, 0.3) is 0 Å². The molecule has 1 aliphatic heterocycles. The van der Waals surface area contributed by atoms with E-state index in [9.17, 15) is 14.4 Å². The third-order valence-electron chi connectivity index (χ3n) is 3.29. The summed E-state index contributed by atoms with van der Waals surface area (Å²) in [7, 11) is 0. The highest BCUT2D eigenvalue weighted by Crippen LogP contribution is 2.37.